The van der Waals surface area contributed by atoms with Crippen molar-refractivity contribution in [3.8, 4) is 0 Å². The number of benzene rings is 1. The van der Waals surface area contributed by atoms with E-state index in [9.17, 15) is 14.4 Å². The maximum absolute atomic E-state index is 12.8. The van der Waals surface area contributed by atoms with Gasteiger partial charge in [-0.15, -0.1) is 12.4 Å². The van der Waals surface area contributed by atoms with Crippen molar-refractivity contribution < 1.29 is 14.4 Å². The van der Waals surface area contributed by atoms with E-state index >= 15 is 0 Å². The zero-order chi connectivity index (χ0) is 18.8. The Hall–Kier alpha value is -1.92. The molecular weight excluding hydrogens is 378 g/mol. The molecule has 1 aromatic rings. The van der Waals surface area contributed by atoms with Crippen LogP contribution in [0.2, 0.25) is 0 Å². The van der Waals surface area contributed by atoms with Crippen molar-refractivity contribution in [3.63, 3.8) is 0 Å². The van der Waals surface area contributed by atoms with Gasteiger partial charge in [0.05, 0.1) is 11.1 Å². The number of fused-ring (bicyclic) bond motifs is 1. The minimum absolute atomic E-state index is 0. The van der Waals surface area contributed by atoms with Gasteiger partial charge >= 0.3 is 0 Å². The van der Waals surface area contributed by atoms with Crippen LogP contribution in [-0.2, 0) is 0 Å². The van der Waals surface area contributed by atoms with E-state index in [4.69, 9.17) is 0 Å². The van der Waals surface area contributed by atoms with E-state index < -0.39 is 0 Å². The van der Waals surface area contributed by atoms with Gasteiger partial charge in [-0.3, -0.25) is 19.3 Å². The lowest BCUT2D eigenvalue weighted by Gasteiger charge is -2.29. The van der Waals surface area contributed by atoms with Gasteiger partial charge in [0.15, 0.2) is 0 Å². The number of rotatable bonds is 5. The first kappa shape index (κ1) is 20.8. The minimum Gasteiger partial charge on any atom is -0.352 e. The molecule has 3 amide bonds. The zero-order valence-corrected chi connectivity index (χ0v) is 16.9. The topological polar surface area (TPSA) is 78.5 Å². The predicted molar refractivity (Wildman–Crippen MR) is 109 cm³/mol. The molecule has 0 radical (unpaired) electrons. The monoisotopic (exact) mass is 405 g/mol. The molecule has 4 rings (SSSR count). The fourth-order valence-corrected chi connectivity index (χ4v) is 4.52. The maximum atomic E-state index is 12.8. The summed E-state index contributed by atoms with van der Waals surface area (Å²) in [6.45, 7) is 2.70. The smallest absolute Gasteiger partial charge is 0.261 e. The Bertz CT molecular complexity index is 755. The Labute approximate surface area is 171 Å². The number of hydrogen-bond acceptors (Lipinski definition) is 4. The Morgan fingerprint density at radius 1 is 1.07 bits per heavy atom. The molecule has 7 heteroatoms. The van der Waals surface area contributed by atoms with Gasteiger partial charge in [0.2, 0.25) is 0 Å². The fraction of sp³-hybridized carbons (Fsp3) is 0.571. The molecule has 2 heterocycles. The molecule has 1 aromatic carbocycles. The largest absolute Gasteiger partial charge is 0.352 e. The van der Waals surface area contributed by atoms with E-state index in [0.29, 0.717) is 29.2 Å². The first-order valence-electron chi connectivity index (χ1n) is 10.2. The molecule has 3 aliphatic rings. The van der Waals surface area contributed by atoms with Crippen LogP contribution < -0.4 is 10.6 Å². The molecule has 0 aromatic heterocycles. The van der Waals surface area contributed by atoms with E-state index in [-0.39, 0.29) is 36.2 Å². The van der Waals surface area contributed by atoms with E-state index in [1.807, 2.05) is 0 Å². The Morgan fingerprint density at radius 3 is 2.54 bits per heavy atom. The minimum atomic E-state index is -0.242. The number of halogens is 1. The highest BCUT2D eigenvalue weighted by molar-refractivity contribution is 6.22. The van der Waals surface area contributed by atoms with E-state index in [1.54, 1.807) is 18.2 Å². The molecule has 1 unspecified atom stereocenters. The van der Waals surface area contributed by atoms with Crippen LogP contribution in [-0.4, -0.2) is 48.3 Å². The molecule has 152 valence electrons. The third-order valence-electron chi connectivity index (χ3n) is 6.12. The van der Waals surface area contributed by atoms with Crippen molar-refractivity contribution in [2.45, 2.75) is 51.0 Å². The van der Waals surface area contributed by atoms with Gasteiger partial charge in [-0.05, 0) is 62.9 Å². The van der Waals surface area contributed by atoms with Crippen molar-refractivity contribution in [1.82, 2.24) is 15.5 Å². The lowest BCUT2D eigenvalue weighted by molar-refractivity contribution is 0.0549. The second-order valence-electron chi connectivity index (χ2n) is 7.94. The second kappa shape index (κ2) is 9.05. The van der Waals surface area contributed by atoms with Gasteiger partial charge in [0.1, 0.15) is 0 Å². The highest BCUT2D eigenvalue weighted by Crippen LogP contribution is 2.31. The molecule has 1 atom stereocenters. The molecule has 0 spiro atoms. The van der Waals surface area contributed by atoms with Crippen LogP contribution in [0.1, 0.15) is 76.0 Å². The number of carbonyl (C=O) groups excluding carboxylic acids is 3. The molecule has 6 nitrogen and oxygen atoms in total. The number of nitrogens with one attached hydrogen (secondary N) is 2. The number of carbonyl (C=O) groups is 3. The summed E-state index contributed by atoms with van der Waals surface area (Å²) in [7, 11) is 0. The lowest BCUT2D eigenvalue weighted by atomic mass is 9.94. The molecule has 1 saturated heterocycles. The molecule has 28 heavy (non-hydrogen) atoms. The number of hydrogen-bond donors (Lipinski definition) is 2. The lowest BCUT2D eigenvalue weighted by Crippen LogP contribution is -2.40. The van der Waals surface area contributed by atoms with Crippen LogP contribution in [0, 0.1) is 5.92 Å². The van der Waals surface area contributed by atoms with Gasteiger partial charge < -0.3 is 10.6 Å². The quantitative estimate of drug-likeness (QED) is 0.738. The van der Waals surface area contributed by atoms with Crippen LogP contribution in [0.5, 0.6) is 0 Å². The summed E-state index contributed by atoms with van der Waals surface area (Å²) in [5, 5.41) is 6.26. The molecular formula is C21H28ClN3O3. The van der Waals surface area contributed by atoms with Gasteiger partial charge in [0.25, 0.3) is 17.7 Å². The van der Waals surface area contributed by atoms with E-state index in [2.05, 4.69) is 10.6 Å². The molecule has 2 aliphatic heterocycles. The Kier molecular flexibility index (Phi) is 6.73. The normalized spacial score (nSPS) is 22.1. The highest BCUT2D eigenvalue weighted by Gasteiger charge is 2.40. The van der Waals surface area contributed by atoms with Crippen molar-refractivity contribution in [2.24, 2.45) is 5.92 Å². The maximum Gasteiger partial charge on any atom is 0.261 e. The predicted octanol–water partition coefficient (Wildman–Crippen LogP) is 2.77. The molecule has 2 N–H and O–H groups in total. The summed E-state index contributed by atoms with van der Waals surface area (Å²) < 4.78 is 0. The zero-order valence-electron chi connectivity index (χ0n) is 16.0. The van der Waals surface area contributed by atoms with Crippen LogP contribution in [0.15, 0.2) is 18.2 Å². The summed E-state index contributed by atoms with van der Waals surface area (Å²) in [4.78, 5) is 39.4. The van der Waals surface area contributed by atoms with Gasteiger partial charge in [-0.25, -0.2) is 0 Å². The SMILES string of the molecule is Cl.O=C(NCCC1CCNC1)c1ccc2c(c1)C(=O)N(C1CCCCC1)C2=O. The van der Waals surface area contributed by atoms with Gasteiger partial charge in [0, 0.05) is 18.2 Å². The van der Waals surface area contributed by atoms with Gasteiger partial charge in [-0.2, -0.15) is 0 Å². The summed E-state index contributed by atoms with van der Waals surface area (Å²) in [6.07, 6.45) is 7.16. The summed E-state index contributed by atoms with van der Waals surface area (Å²) >= 11 is 0. The van der Waals surface area contributed by atoms with Crippen LogP contribution >= 0.6 is 12.4 Å². The standard InChI is InChI=1S/C21H27N3O3.ClH/c25-19(23-11-9-14-8-10-22-13-14)15-6-7-17-18(12-15)21(27)24(20(17)26)16-4-2-1-3-5-16;/h6-7,12,14,16,22H,1-5,8-11,13H2,(H,23,25);1H. The fourth-order valence-electron chi connectivity index (χ4n) is 4.52. The number of imide groups is 1. The van der Waals surface area contributed by atoms with Crippen molar-refractivity contribution in [3.05, 3.63) is 34.9 Å². The molecule has 2 fully saturated rings. The average molecular weight is 406 g/mol. The number of amides is 3. The van der Waals surface area contributed by atoms with E-state index in [0.717, 1.165) is 51.6 Å². The first-order valence-corrected chi connectivity index (χ1v) is 10.2. The van der Waals surface area contributed by atoms with Crippen molar-refractivity contribution in [1.29, 1.82) is 0 Å². The third-order valence-corrected chi connectivity index (χ3v) is 6.12. The molecule has 1 saturated carbocycles. The molecule has 1 aliphatic carbocycles. The van der Waals surface area contributed by atoms with Crippen molar-refractivity contribution >= 4 is 30.1 Å². The van der Waals surface area contributed by atoms with Gasteiger partial charge in [-0.1, -0.05) is 19.3 Å². The number of nitrogens with zero attached hydrogens (tertiary/aromatic N) is 1. The summed E-state index contributed by atoms with van der Waals surface area (Å²) in [6, 6.07) is 4.88. The van der Waals surface area contributed by atoms with Crippen LogP contribution in [0.25, 0.3) is 0 Å². The summed E-state index contributed by atoms with van der Waals surface area (Å²) in [5.74, 6) is -0.00938. The summed E-state index contributed by atoms with van der Waals surface area (Å²) in [5.41, 5.74) is 1.25. The van der Waals surface area contributed by atoms with E-state index in [1.165, 1.54) is 11.3 Å². The highest BCUT2D eigenvalue weighted by atomic mass is 35.5. The average Bonchev–Trinajstić information content (AvgIpc) is 3.29. The first-order chi connectivity index (χ1) is 13.1. The Balaban J connectivity index is 0.00000225. The van der Waals surface area contributed by atoms with Crippen molar-refractivity contribution in [2.75, 3.05) is 19.6 Å². The van der Waals surface area contributed by atoms with Crippen LogP contribution in [0.4, 0.5) is 0 Å². The van der Waals surface area contributed by atoms with Crippen LogP contribution in [0.3, 0.4) is 0 Å². The Morgan fingerprint density at radius 2 is 1.82 bits per heavy atom. The third kappa shape index (κ3) is 4.08. The second-order valence-corrected chi connectivity index (χ2v) is 7.94. The molecule has 0 bridgehead atoms.